The normalized spacial score (nSPS) is 12.3. The van der Waals surface area contributed by atoms with E-state index >= 15 is 4.39 Å². The number of imidazole rings is 3. The Hall–Kier alpha value is -11.8. The summed E-state index contributed by atoms with van der Waals surface area (Å²) < 4.78 is 37.1. The van der Waals surface area contributed by atoms with Crippen LogP contribution in [0.2, 0.25) is 0 Å². The molecule has 0 fully saturated rings. The molecule has 0 N–H and O–H groups in total. The molecule has 0 radical (unpaired) electrons. The minimum atomic E-state index is -1.37. The Kier molecular flexibility index (Phi) is 29.3. The van der Waals surface area contributed by atoms with Gasteiger partial charge in [-0.15, -0.1) is 11.0 Å². The summed E-state index contributed by atoms with van der Waals surface area (Å²) in [4.78, 5) is 58.9. The maximum absolute atomic E-state index is 15.1. The molecule has 20 rings (SSSR count). The molecule has 13 aromatic heterocycles. The Morgan fingerprint density at radius 3 is 1.50 bits per heavy atom. The maximum atomic E-state index is 15.1. The fourth-order valence-corrected chi connectivity index (χ4v) is 12.9. The van der Waals surface area contributed by atoms with Crippen LogP contribution in [0.25, 0.3) is 112 Å². The van der Waals surface area contributed by atoms with Gasteiger partial charge in [-0.2, -0.15) is 25.3 Å². The molecule has 0 spiro atoms. The molecule has 29 heteroatoms. The topological polar surface area (TPSA) is 243 Å². The number of aryl methyl sites for hydroxylation is 1. The summed E-state index contributed by atoms with van der Waals surface area (Å²) in [6.07, 6.45) is 15.3. The van der Waals surface area contributed by atoms with Gasteiger partial charge in [0.2, 0.25) is 0 Å². The van der Waals surface area contributed by atoms with E-state index in [-0.39, 0.29) is 91.3 Å². The molecule has 116 heavy (non-hydrogen) atoms. The molecule has 3 unspecified atom stereocenters. The first-order valence-corrected chi connectivity index (χ1v) is 36.1. The van der Waals surface area contributed by atoms with Crippen molar-refractivity contribution in [1.29, 1.82) is 0 Å². The van der Waals surface area contributed by atoms with Crippen molar-refractivity contribution in [2.75, 3.05) is 0 Å². The second kappa shape index (κ2) is 40.0. The zero-order valence-corrected chi connectivity index (χ0v) is 66.9. The summed E-state index contributed by atoms with van der Waals surface area (Å²) in [5, 5.41) is 19.2. The summed E-state index contributed by atoms with van der Waals surface area (Å²) in [7, 11) is 0. The Morgan fingerprint density at radius 1 is 0.405 bits per heavy atom. The van der Waals surface area contributed by atoms with E-state index in [0.29, 0.717) is 65.6 Å². The Bertz CT molecular complexity index is 6370. The number of hydrogen-bond acceptors (Lipinski definition) is 14. The number of pyridine rings is 5. The van der Waals surface area contributed by atoms with Crippen molar-refractivity contribution in [3.63, 3.8) is 0 Å². The van der Waals surface area contributed by atoms with Crippen LogP contribution in [0.3, 0.4) is 0 Å². The van der Waals surface area contributed by atoms with E-state index < -0.39 is 12.3 Å². The summed E-state index contributed by atoms with van der Waals surface area (Å²) in [6, 6.07) is 78.9. The summed E-state index contributed by atoms with van der Waals surface area (Å²) in [5.41, 5.74) is 17.8. The number of rotatable bonds is 15. The maximum Gasteiger partial charge on any atom is 1.00 e. The number of para-hydroxylation sites is 7. The molecular formula is C87H66Cu5F2N21S. The predicted molar refractivity (Wildman–Crippen MR) is 428 cm³/mol. The van der Waals surface area contributed by atoms with Crippen molar-refractivity contribution in [1.82, 2.24) is 98.9 Å². The zero-order valence-electron chi connectivity index (χ0n) is 61.4. The minimum Gasteiger partial charge on any atom is -0.779 e. The number of fused-ring (bicyclic) bond motifs is 6. The van der Waals surface area contributed by atoms with E-state index in [1.807, 2.05) is 277 Å². The van der Waals surface area contributed by atoms with Gasteiger partial charge in [0.05, 0.1) is 75.7 Å². The van der Waals surface area contributed by atoms with Gasteiger partial charge >= 0.3 is 85.3 Å². The third kappa shape index (κ3) is 20.3. The van der Waals surface area contributed by atoms with E-state index in [2.05, 4.69) is 92.3 Å². The third-order valence-electron chi connectivity index (χ3n) is 18.0. The summed E-state index contributed by atoms with van der Waals surface area (Å²) in [6.45, 7) is 5.71. The predicted octanol–water partition coefficient (Wildman–Crippen LogP) is 16.8. The van der Waals surface area contributed by atoms with Crippen molar-refractivity contribution in [2.24, 2.45) is 10.9 Å². The van der Waals surface area contributed by atoms with Crippen molar-refractivity contribution < 1.29 is 94.1 Å². The summed E-state index contributed by atoms with van der Waals surface area (Å²) in [5.74, 6) is 1.49. The smallest absolute Gasteiger partial charge is 0.779 e. The monoisotopic (exact) mass is 1790 g/mol. The molecule has 1 aliphatic rings. The van der Waals surface area contributed by atoms with Crippen molar-refractivity contribution in [3.8, 4) is 56.8 Å². The molecule has 6 aromatic carbocycles. The van der Waals surface area contributed by atoms with Crippen molar-refractivity contribution in [3.05, 3.63) is 344 Å². The molecule has 0 saturated heterocycles. The first kappa shape index (κ1) is 85.1. The fourth-order valence-electron chi connectivity index (χ4n) is 12.7. The van der Waals surface area contributed by atoms with E-state index in [1.165, 1.54) is 6.33 Å². The van der Waals surface area contributed by atoms with Gasteiger partial charge in [0.1, 0.15) is 6.67 Å². The van der Waals surface area contributed by atoms with Crippen LogP contribution in [-0.2, 0) is 118 Å². The molecule has 0 bridgehead atoms. The van der Waals surface area contributed by atoms with Crippen LogP contribution in [-0.4, -0.2) is 85.2 Å². The number of benzene rings is 6. The molecule has 3 atom stereocenters. The molecule has 0 aliphatic carbocycles. The van der Waals surface area contributed by atoms with Crippen LogP contribution in [0.5, 0.6) is 0 Å². The number of allylic oxidation sites excluding steroid dienone is 2. The second-order valence-electron chi connectivity index (χ2n) is 25.9. The standard InChI is InChI=1S/C24H17FN3.C18H14FN4.C16H12N5.C15H13N3S.C14H11N6.5Cu/c1-15-7-4-13-21(26-15)23(25)22-14-6-12-20(27-22)18-10-5-9-17-16-8-2-3-11-19(16)28-24(17)18;1-11-8-16(20-9-11)17(19)14-6-3-5-13(23-14)12-4-2-7-15-18(12)22-10-21-15;1-2-7-14-13(6-1)19-16(20-14)15-8-3-5-12(18-15)11-21-10-4-9-17-21;19-15-8-2-1-6-13(15)14-7-3-5-12(17-14)11-18-10-4-9-16-18;1-2-5-12-11(4-1)16-14(17-12)13-6-9-20(18-13)10-19-8-3-7-15-19;;;;;/h2-14,23H,1H3;2-11,17H,1H3;1-10H,11H2;1-10,19H,11H2;1-9H,10H2;;;;;/q3*-1;;-1;5*+1/p-1. The Morgan fingerprint density at radius 2 is 0.897 bits per heavy atom. The number of nitrogens with zero attached hydrogens (tertiary/aromatic N) is 21. The molecule has 14 heterocycles. The van der Waals surface area contributed by atoms with Crippen LogP contribution >= 0.6 is 0 Å². The van der Waals surface area contributed by atoms with Gasteiger partial charge < -0.3 is 47.5 Å². The average Bonchev–Trinajstić information content (AvgIpc) is 1.61. The average molecular weight is 1790 g/mol. The summed E-state index contributed by atoms with van der Waals surface area (Å²) >= 11 is 5.34. The van der Waals surface area contributed by atoms with Crippen LogP contribution in [0, 0.1) is 12.8 Å². The molecule has 21 nitrogen and oxygen atoms in total. The first-order chi connectivity index (χ1) is 54.5. The van der Waals surface area contributed by atoms with Gasteiger partial charge in [0.15, 0.2) is 12.3 Å². The molecule has 594 valence electrons. The van der Waals surface area contributed by atoms with E-state index in [4.69, 9.17) is 17.6 Å². The number of halogens is 2. The van der Waals surface area contributed by atoms with E-state index in [0.717, 1.165) is 111 Å². The zero-order chi connectivity index (χ0) is 75.4. The fraction of sp³-hybridized carbons (Fsp3) is 0.0920. The number of aromatic nitrogens is 20. The SMILES string of the molecule is CC1C=NC(C(F)c2cccc(-c3cccc4nc[n-]c34)n2)=C1.Cc1cccc(C(F)c2cccc(-c3cccc4c3[n-]c3ccccc34)n2)n1.[Cu+].[Cu+].[Cu+].[Cu+].[Cu+].[S-]c1ccccc1-c1cccc(Cn2cccn2)n1.c1cc(Cn2cccn2)nc(-c2nc3ccccc3[n-]2)c1.c1ccc2[n-]c(-c3ccn(Cn4cccn4)n3)nc2c1. The molecule has 1 aliphatic heterocycles. The third-order valence-corrected chi connectivity index (χ3v) is 18.3. The second-order valence-corrected chi connectivity index (χ2v) is 26.3. The van der Waals surface area contributed by atoms with Crippen LogP contribution in [0.1, 0.15) is 53.4 Å². The van der Waals surface area contributed by atoms with Gasteiger partial charge in [-0.3, -0.25) is 38.7 Å². The van der Waals surface area contributed by atoms with Gasteiger partial charge in [0.25, 0.3) is 0 Å². The van der Waals surface area contributed by atoms with Crippen molar-refractivity contribution >= 4 is 73.7 Å². The van der Waals surface area contributed by atoms with Gasteiger partial charge in [-0.1, -0.05) is 183 Å². The van der Waals surface area contributed by atoms with E-state index in [9.17, 15) is 4.39 Å². The van der Waals surface area contributed by atoms with Gasteiger partial charge in [0, 0.05) is 66.8 Å². The van der Waals surface area contributed by atoms with E-state index in [1.54, 1.807) is 47.7 Å². The van der Waals surface area contributed by atoms with Crippen LogP contribution in [0.4, 0.5) is 8.78 Å². The van der Waals surface area contributed by atoms with Crippen LogP contribution < -0.4 is 19.9 Å². The van der Waals surface area contributed by atoms with Crippen molar-refractivity contribution in [2.45, 2.75) is 50.8 Å². The number of aliphatic imine (C=N–C) groups is 1. The number of alkyl halides is 2. The van der Waals surface area contributed by atoms with Crippen LogP contribution in [0.15, 0.2) is 320 Å². The Balaban J connectivity index is 0.000000142. The molecule has 19 aromatic rings. The quantitative estimate of drug-likeness (QED) is 0.0684. The Labute approximate surface area is 723 Å². The van der Waals surface area contributed by atoms with Gasteiger partial charge in [-0.05, 0) is 159 Å². The largest absolute Gasteiger partial charge is 1.00 e. The molecule has 0 saturated carbocycles. The van der Waals surface area contributed by atoms with Gasteiger partial charge in [-0.25, -0.2) is 18.7 Å². The molecule has 0 amide bonds. The first-order valence-electron chi connectivity index (χ1n) is 35.7. The molecular weight excluding hydrogens is 1730 g/mol. The minimum absolute atomic E-state index is 0. The number of hydrogen-bond donors (Lipinski definition) is 0.